The molecule has 0 aliphatic rings. The molecule has 0 fully saturated rings. The minimum absolute atomic E-state index is 0.376. The zero-order valence-corrected chi connectivity index (χ0v) is 11.4. The highest BCUT2D eigenvalue weighted by atomic mass is 15.3. The third kappa shape index (κ3) is 2.99. The van der Waals surface area contributed by atoms with Gasteiger partial charge in [0.15, 0.2) is 0 Å². The van der Waals surface area contributed by atoms with Crippen molar-refractivity contribution in [3.63, 3.8) is 0 Å². The Hall–Kier alpha value is -1.61. The summed E-state index contributed by atoms with van der Waals surface area (Å²) in [5.74, 6) is 0. The fourth-order valence-corrected chi connectivity index (χ4v) is 1.97. The molecule has 2 aromatic rings. The number of aryl methyl sites for hydroxylation is 1. The molecule has 96 valence electrons. The molecule has 1 heterocycles. The predicted octanol–water partition coefficient (Wildman–Crippen LogP) is 3.24. The molecule has 1 aromatic heterocycles. The summed E-state index contributed by atoms with van der Waals surface area (Å²) in [5.41, 5.74) is 3.46. The van der Waals surface area contributed by atoms with Gasteiger partial charge in [-0.3, -0.25) is 0 Å². The van der Waals surface area contributed by atoms with Gasteiger partial charge in [0, 0.05) is 12.2 Å². The van der Waals surface area contributed by atoms with Gasteiger partial charge in [0.2, 0.25) is 0 Å². The number of hydrogen-bond donors (Lipinski definition) is 1. The lowest BCUT2D eigenvalue weighted by molar-refractivity contribution is 0.570. The van der Waals surface area contributed by atoms with E-state index in [0.717, 1.165) is 24.3 Å². The van der Waals surface area contributed by atoms with Gasteiger partial charge in [0.05, 0.1) is 11.4 Å². The van der Waals surface area contributed by atoms with Gasteiger partial charge in [-0.15, -0.1) is 0 Å². The Morgan fingerprint density at radius 2 is 2.17 bits per heavy atom. The number of benzene rings is 1. The van der Waals surface area contributed by atoms with E-state index in [1.165, 1.54) is 5.56 Å². The molecule has 18 heavy (non-hydrogen) atoms. The van der Waals surface area contributed by atoms with Gasteiger partial charge in [-0.2, -0.15) is 5.10 Å². The summed E-state index contributed by atoms with van der Waals surface area (Å²) in [5, 5.41) is 7.94. The lowest BCUT2D eigenvalue weighted by atomic mass is 10.1. The third-order valence-electron chi connectivity index (χ3n) is 3.06. The van der Waals surface area contributed by atoms with E-state index < -0.39 is 0 Å². The molecule has 1 unspecified atom stereocenters. The van der Waals surface area contributed by atoms with Crippen LogP contribution in [0.15, 0.2) is 36.5 Å². The van der Waals surface area contributed by atoms with Crippen molar-refractivity contribution < 1.29 is 0 Å². The van der Waals surface area contributed by atoms with Crippen molar-refractivity contribution in [2.45, 2.75) is 33.2 Å². The van der Waals surface area contributed by atoms with Crippen LogP contribution < -0.4 is 5.32 Å². The van der Waals surface area contributed by atoms with Gasteiger partial charge in [-0.05, 0) is 50.6 Å². The Balaban J connectivity index is 2.19. The third-order valence-corrected chi connectivity index (χ3v) is 3.06. The molecule has 0 saturated heterocycles. The van der Waals surface area contributed by atoms with Gasteiger partial charge >= 0.3 is 0 Å². The molecule has 0 radical (unpaired) electrons. The Labute approximate surface area is 109 Å². The van der Waals surface area contributed by atoms with Gasteiger partial charge < -0.3 is 5.32 Å². The van der Waals surface area contributed by atoms with Crippen molar-refractivity contribution in [1.82, 2.24) is 15.1 Å². The quantitative estimate of drug-likeness (QED) is 0.873. The van der Waals surface area contributed by atoms with Crippen LogP contribution in [0.5, 0.6) is 0 Å². The largest absolute Gasteiger partial charge is 0.310 e. The van der Waals surface area contributed by atoms with Gasteiger partial charge in [0.25, 0.3) is 0 Å². The molecule has 0 aliphatic carbocycles. The van der Waals surface area contributed by atoms with E-state index in [-0.39, 0.29) is 0 Å². The average molecular weight is 243 g/mol. The molecule has 0 aliphatic heterocycles. The average Bonchev–Trinajstić information content (AvgIpc) is 2.83. The molecular formula is C15H21N3. The Kier molecular flexibility index (Phi) is 4.15. The molecule has 3 heteroatoms. The summed E-state index contributed by atoms with van der Waals surface area (Å²) >= 11 is 0. The van der Waals surface area contributed by atoms with Crippen molar-refractivity contribution in [2.75, 3.05) is 6.54 Å². The number of nitrogens with zero attached hydrogens (tertiary/aromatic N) is 2. The first-order valence-corrected chi connectivity index (χ1v) is 6.56. The van der Waals surface area contributed by atoms with Gasteiger partial charge in [0.1, 0.15) is 0 Å². The summed E-state index contributed by atoms with van der Waals surface area (Å²) in [6, 6.07) is 10.9. The van der Waals surface area contributed by atoms with E-state index in [1.54, 1.807) is 0 Å². The maximum Gasteiger partial charge on any atom is 0.0648 e. The zero-order chi connectivity index (χ0) is 13.0. The summed E-state index contributed by atoms with van der Waals surface area (Å²) in [7, 11) is 0. The van der Waals surface area contributed by atoms with E-state index in [9.17, 15) is 0 Å². The standard InChI is InChI=1S/C15H21N3/c1-4-9-16-13(3)14-6-5-7-15(11-14)18-10-8-12(2)17-18/h5-8,10-11,13,16H,4,9H2,1-3H3. The van der Waals surface area contributed by atoms with Crippen molar-refractivity contribution in [2.24, 2.45) is 0 Å². The van der Waals surface area contributed by atoms with Gasteiger partial charge in [-0.25, -0.2) is 4.68 Å². The number of aromatic nitrogens is 2. The van der Waals surface area contributed by atoms with Gasteiger partial charge in [-0.1, -0.05) is 19.1 Å². The molecule has 2 rings (SSSR count). The SMILES string of the molecule is CCCNC(C)c1cccc(-n2ccc(C)n2)c1. The summed E-state index contributed by atoms with van der Waals surface area (Å²) in [6.07, 6.45) is 3.15. The molecule has 1 N–H and O–H groups in total. The molecule has 3 nitrogen and oxygen atoms in total. The number of rotatable bonds is 5. The van der Waals surface area contributed by atoms with Crippen molar-refractivity contribution in [1.29, 1.82) is 0 Å². The van der Waals surface area contributed by atoms with Crippen LogP contribution in [0.2, 0.25) is 0 Å². The Bertz CT molecular complexity index is 502. The highest BCUT2D eigenvalue weighted by Gasteiger charge is 2.06. The summed E-state index contributed by atoms with van der Waals surface area (Å²) in [6.45, 7) is 7.43. The highest BCUT2D eigenvalue weighted by Crippen LogP contribution is 2.16. The van der Waals surface area contributed by atoms with Crippen LogP contribution in [0.1, 0.15) is 37.6 Å². The predicted molar refractivity (Wildman–Crippen MR) is 75.0 cm³/mol. The maximum atomic E-state index is 4.44. The van der Waals surface area contributed by atoms with E-state index in [2.05, 4.69) is 48.5 Å². The fourth-order valence-electron chi connectivity index (χ4n) is 1.97. The van der Waals surface area contributed by atoms with Crippen LogP contribution in [0.3, 0.4) is 0 Å². The van der Waals surface area contributed by atoms with Crippen molar-refractivity contribution in [3.8, 4) is 5.69 Å². The lowest BCUT2D eigenvalue weighted by Crippen LogP contribution is -2.19. The summed E-state index contributed by atoms with van der Waals surface area (Å²) in [4.78, 5) is 0. The van der Waals surface area contributed by atoms with Crippen LogP contribution in [-0.4, -0.2) is 16.3 Å². The maximum absolute atomic E-state index is 4.44. The van der Waals surface area contributed by atoms with Crippen LogP contribution >= 0.6 is 0 Å². The van der Waals surface area contributed by atoms with E-state index in [4.69, 9.17) is 0 Å². The highest BCUT2D eigenvalue weighted by molar-refractivity contribution is 5.36. The van der Waals surface area contributed by atoms with Crippen LogP contribution in [-0.2, 0) is 0 Å². The number of hydrogen-bond acceptors (Lipinski definition) is 2. The van der Waals surface area contributed by atoms with Crippen LogP contribution in [0.4, 0.5) is 0 Å². The van der Waals surface area contributed by atoms with Crippen LogP contribution in [0, 0.1) is 6.92 Å². The molecule has 1 aromatic carbocycles. The first kappa shape index (κ1) is 12.8. The Morgan fingerprint density at radius 1 is 1.33 bits per heavy atom. The molecule has 0 saturated carbocycles. The monoisotopic (exact) mass is 243 g/mol. The fraction of sp³-hybridized carbons (Fsp3) is 0.400. The minimum atomic E-state index is 0.376. The topological polar surface area (TPSA) is 29.9 Å². The number of nitrogens with one attached hydrogen (secondary N) is 1. The van der Waals surface area contributed by atoms with E-state index in [0.29, 0.717) is 6.04 Å². The molecular weight excluding hydrogens is 222 g/mol. The van der Waals surface area contributed by atoms with E-state index >= 15 is 0 Å². The summed E-state index contributed by atoms with van der Waals surface area (Å²) < 4.78 is 1.92. The van der Waals surface area contributed by atoms with Crippen molar-refractivity contribution in [3.05, 3.63) is 47.8 Å². The Morgan fingerprint density at radius 3 is 2.83 bits per heavy atom. The normalized spacial score (nSPS) is 12.6. The molecule has 0 amide bonds. The lowest BCUT2D eigenvalue weighted by Gasteiger charge is -2.14. The minimum Gasteiger partial charge on any atom is -0.310 e. The first-order valence-electron chi connectivity index (χ1n) is 6.56. The molecule has 0 bridgehead atoms. The zero-order valence-electron chi connectivity index (χ0n) is 11.4. The first-order chi connectivity index (χ1) is 8.70. The second-order valence-corrected chi connectivity index (χ2v) is 4.67. The molecule has 1 atom stereocenters. The smallest absolute Gasteiger partial charge is 0.0648 e. The van der Waals surface area contributed by atoms with E-state index in [1.807, 2.05) is 23.9 Å². The second-order valence-electron chi connectivity index (χ2n) is 4.67. The molecule has 0 spiro atoms. The second kappa shape index (κ2) is 5.83. The van der Waals surface area contributed by atoms with Crippen LogP contribution in [0.25, 0.3) is 5.69 Å². The van der Waals surface area contributed by atoms with Crippen molar-refractivity contribution >= 4 is 0 Å².